The number of benzene rings is 2. The number of carbonyl (C=O) groups is 3. The molecule has 0 aliphatic carbocycles. The average molecular weight is 499 g/mol. The largest absolute Gasteiger partial charge is 0.376 e. The number of nitrogens with zero attached hydrogens (tertiary/aromatic N) is 1. The standard InChI is InChI=1S/C23H23BrN4O4/c1-14-5-2-3-7-18(14)26-21(29)20-12-15-11-16(24)8-9-19(15)28(20)27-23(31)22(30)25-13-17-6-4-10-32-17/h2-3,5,7-9,11-12,17H,4,6,10,13H2,1H3,(H,25,30)(H,26,29)(H,27,31)/t17-/m1/s1. The molecule has 0 bridgehead atoms. The second-order valence-electron chi connectivity index (χ2n) is 7.62. The highest BCUT2D eigenvalue weighted by Gasteiger charge is 2.23. The molecule has 1 aliphatic rings. The van der Waals surface area contributed by atoms with Crippen molar-refractivity contribution in [2.45, 2.75) is 25.9 Å². The molecule has 3 amide bonds. The fraction of sp³-hybridized carbons (Fsp3) is 0.261. The number of hydrogen-bond acceptors (Lipinski definition) is 4. The van der Waals surface area contributed by atoms with Crippen molar-refractivity contribution in [1.82, 2.24) is 9.99 Å². The van der Waals surface area contributed by atoms with E-state index in [1.807, 2.05) is 31.2 Å². The summed E-state index contributed by atoms with van der Waals surface area (Å²) in [5.74, 6) is -2.07. The Labute approximate surface area is 193 Å². The van der Waals surface area contributed by atoms with Crippen LogP contribution >= 0.6 is 15.9 Å². The summed E-state index contributed by atoms with van der Waals surface area (Å²) in [6.07, 6.45) is 1.71. The third-order valence-electron chi connectivity index (χ3n) is 5.32. The molecule has 4 rings (SSSR count). The first-order valence-electron chi connectivity index (χ1n) is 10.3. The predicted octanol–water partition coefficient (Wildman–Crippen LogP) is 3.33. The Bertz CT molecular complexity index is 1180. The van der Waals surface area contributed by atoms with Gasteiger partial charge in [-0.3, -0.25) is 19.8 Å². The van der Waals surface area contributed by atoms with Crippen molar-refractivity contribution in [3.63, 3.8) is 0 Å². The van der Waals surface area contributed by atoms with E-state index in [1.54, 1.807) is 24.3 Å². The van der Waals surface area contributed by atoms with Crippen molar-refractivity contribution in [3.05, 3.63) is 64.3 Å². The Morgan fingerprint density at radius 3 is 2.69 bits per heavy atom. The minimum Gasteiger partial charge on any atom is -0.376 e. The smallest absolute Gasteiger partial charge is 0.328 e. The van der Waals surface area contributed by atoms with Gasteiger partial charge in [-0.2, -0.15) is 0 Å². The lowest BCUT2D eigenvalue weighted by Crippen LogP contribution is -2.42. The second-order valence-corrected chi connectivity index (χ2v) is 8.54. The highest BCUT2D eigenvalue weighted by molar-refractivity contribution is 9.10. The highest BCUT2D eigenvalue weighted by Crippen LogP contribution is 2.24. The van der Waals surface area contributed by atoms with Crippen LogP contribution in [0.15, 0.2) is 53.0 Å². The Hall–Kier alpha value is -3.17. The molecule has 1 fully saturated rings. The highest BCUT2D eigenvalue weighted by atomic mass is 79.9. The molecule has 1 atom stereocenters. The Morgan fingerprint density at radius 1 is 1.12 bits per heavy atom. The molecule has 3 aromatic rings. The quantitative estimate of drug-likeness (QED) is 0.469. The maximum absolute atomic E-state index is 13.1. The van der Waals surface area contributed by atoms with Gasteiger partial charge in [0.2, 0.25) is 0 Å². The lowest BCUT2D eigenvalue weighted by molar-refractivity contribution is -0.136. The van der Waals surface area contributed by atoms with Gasteiger partial charge >= 0.3 is 11.8 Å². The van der Waals surface area contributed by atoms with E-state index in [2.05, 4.69) is 32.0 Å². The lowest BCUT2D eigenvalue weighted by Gasteiger charge is -2.14. The molecule has 3 N–H and O–H groups in total. The molecule has 1 aliphatic heterocycles. The zero-order valence-corrected chi connectivity index (χ0v) is 19.1. The number of aryl methyl sites for hydroxylation is 1. The zero-order valence-electron chi connectivity index (χ0n) is 17.5. The van der Waals surface area contributed by atoms with Crippen molar-refractivity contribution >= 4 is 50.2 Å². The molecule has 9 heteroatoms. The normalized spacial score (nSPS) is 15.5. The minimum atomic E-state index is -0.867. The molecule has 166 valence electrons. The van der Waals surface area contributed by atoms with Crippen molar-refractivity contribution in [3.8, 4) is 0 Å². The van der Waals surface area contributed by atoms with Crippen LogP contribution in [0, 0.1) is 6.92 Å². The first-order chi connectivity index (χ1) is 15.4. The number of para-hydroxylation sites is 1. The van der Waals surface area contributed by atoms with Crippen LogP contribution in [0.3, 0.4) is 0 Å². The Balaban J connectivity index is 1.57. The minimum absolute atomic E-state index is 0.0769. The summed E-state index contributed by atoms with van der Waals surface area (Å²) >= 11 is 3.42. The molecule has 0 saturated carbocycles. The number of amides is 3. The SMILES string of the molecule is Cc1ccccc1NC(=O)c1cc2cc(Br)ccc2n1NC(=O)C(=O)NC[C@H]1CCCO1. The third-order valence-corrected chi connectivity index (χ3v) is 5.82. The number of ether oxygens (including phenoxy) is 1. The molecular formula is C23H23BrN4O4. The summed E-state index contributed by atoms with van der Waals surface area (Å²) in [7, 11) is 0. The van der Waals surface area contributed by atoms with Gasteiger partial charge < -0.3 is 15.4 Å². The van der Waals surface area contributed by atoms with Gasteiger partial charge in [-0.05, 0) is 55.7 Å². The molecule has 0 unspecified atom stereocenters. The van der Waals surface area contributed by atoms with Crippen LogP contribution in [0.4, 0.5) is 5.69 Å². The number of nitrogens with one attached hydrogen (secondary N) is 3. The maximum Gasteiger partial charge on any atom is 0.328 e. The van der Waals surface area contributed by atoms with E-state index < -0.39 is 17.7 Å². The van der Waals surface area contributed by atoms with Gasteiger partial charge in [0.15, 0.2) is 0 Å². The van der Waals surface area contributed by atoms with E-state index in [9.17, 15) is 14.4 Å². The average Bonchev–Trinajstić information content (AvgIpc) is 3.41. The number of aromatic nitrogens is 1. The molecule has 32 heavy (non-hydrogen) atoms. The van der Waals surface area contributed by atoms with Crippen LogP contribution < -0.4 is 16.1 Å². The molecule has 8 nitrogen and oxygen atoms in total. The molecule has 1 saturated heterocycles. The first kappa shape index (κ1) is 22.0. The Kier molecular flexibility index (Phi) is 6.57. The summed E-state index contributed by atoms with van der Waals surface area (Å²) in [5.41, 5.74) is 4.91. The molecule has 2 aromatic carbocycles. The van der Waals surface area contributed by atoms with Gasteiger partial charge in [0.25, 0.3) is 5.91 Å². The number of rotatable bonds is 5. The number of carbonyl (C=O) groups excluding carboxylic acids is 3. The number of fused-ring (bicyclic) bond motifs is 1. The van der Waals surface area contributed by atoms with Gasteiger partial charge in [-0.1, -0.05) is 34.1 Å². The first-order valence-corrected chi connectivity index (χ1v) is 11.1. The fourth-order valence-corrected chi connectivity index (χ4v) is 4.00. The van der Waals surface area contributed by atoms with E-state index in [4.69, 9.17) is 4.74 Å². The molecule has 0 spiro atoms. The van der Waals surface area contributed by atoms with Gasteiger partial charge in [0.05, 0.1) is 11.6 Å². The van der Waals surface area contributed by atoms with Crippen molar-refractivity contribution < 1.29 is 19.1 Å². The second kappa shape index (κ2) is 9.54. The van der Waals surface area contributed by atoms with Gasteiger partial charge in [-0.15, -0.1) is 0 Å². The number of anilines is 1. The third kappa shape index (κ3) is 4.84. The van der Waals surface area contributed by atoms with E-state index in [0.29, 0.717) is 17.8 Å². The van der Waals surface area contributed by atoms with Crippen LogP contribution in [-0.4, -0.2) is 41.7 Å². The van der Waals surface area contributed by atoms with Gasteiger partial charge in [0, 0.05) is 28.7 Å². The Morgan fingerprint density at radius 2 is 1.94 bits per heavy atom. The van der Waals surface area contributed by atoms with Crippen LogP contribution in [0.2, 0.25) is 0 Å². The molecule has 2 heterocycles. The summed E-state index contributed by atoms with van der Waals surface area (Å²) < 4.78 is 7.63. The fourth-order valence-electron chi connectivity index (χ4n) is 3.62. The molecule has 0 radical (unpaired) electrons. The molecule has 1 aromatic heterocycles. The van der Waals surface area contributed by atoms with E-state index in [0.717, 1.165) is 28.3 Å². The van der Waals surface area contributed by atoms with Crippen molar-refractivity contribution in [1.29, 1.82) is 0 Å². The summed E-state index contributed by atoms with van der Waals surface area (Å²) in [5, 5.41) is 6.19. The number of halogens is 1. The predicted molar refractivity (Wildman–Crippen MR) is 125 cm³/mol. The van der Waals surface area contributed by atoms with E-state index in [-0.39, 0.29) is 18.3 Å². The summed E-state index contributed by atoms with van der Waals surface area (Å²) in [6.45, 7) is 2.83. The number of hydrogen-bond donors (Lipinski definition) is 3. The van der Waals surface area contributed by atoms with Crippen LogP contribution in [0.25, 0.3) is 10.9 Å². The van der Waals surface area contributed by atoms with Crippen LogP contribution in [0.1, 0.15) is 28.9 Å². The van der Waals surface area contributed by atoms with Crippen LogP contribution in [-0.2, 0) is 14.3 Å². The van der Waals surface area contributed by atoms with Gasteiger partial charge in [0.1, 0.15) is 5.69 Å². The topological polar surface area (TPSA) is 101 Å². The van der Waals surface area contributed by atoms with Crippen molar-refractivity contribution in [2.24, 2.45) is 0 Å². The van der Waals surface area contributed by atoms with E-state index >= 15 is 0 Å². The van der Waals surface area contributed by atoms with Gasteiger partial charge in [-0.25, -0.2) is 4.68 Å². The lowest BCUT2D eigenvalue weighted by atomic mass is 10.2. The summed E-state index contributed by atoms with van der Waals surface area (Å²) in [6, 6.07) is 14.5. The molecular weight excluding hydrogens is 476 g/mol. The zero-order chi connectivity index (χ0) is 22.7. The maximum atomic E-state index is 13.1. The summed E-state index contributed by atoms with van der Waals surface area (Å²) in [4.78, 5) is 38.0. The van der Waals surface area contributed by atoms with E-state index in [1.165, 1.54) is 4.68 Å². The van der Waals surface area contributed by atoms with Crippen molar-refractivity contribution in [2.75, 3.05) is 23.9 Å². The van der Waals surface area contributed by atoms with Crippen LogP contribution in [0.5, 0.6) is 0 Å². The monoisotopic (exact) mass is 498 g/mol.